The molecular formula is C30H36ClN3O4S. The van der Waals surface area contributed by atoms with Crippen LogP contribution >= 0.6 is 11.6 Å². The maximum Gasteiger partial charge on any atom is 0.264 e. The number of carbonyl (C=O) groups is 2. The van der Waals surface area contributed by atoms with Gasteiger partial charge in [0, 0.05) is 18.1 Å². The lowest BCUT2D eigenvalue weighted by atomic mass is 10.1. The van der Waals surface area contributed by atoms with Gasteiger partial charge in [0.25, 0.3) is 10.0 Å². The van der Waals surface area contributed by atoms with E-state index in [0.29, 0.717) is 23.7 Å². The van der Waals surface area contributed by atoms with Gasteiger partial charge in [0.05, 0.1) is 10.6 Å². The minimum Gasteiger partial charge on any atom is -0.354 e. The van der Waals surface area contributed by atoms with Crippen molar-refractivity contribution in [3.8, 4) is 0 Å². The van der Waals surface area contributed by atoms with E-state index in [0.717, 1.165) is 15.4 Å². The first-order valence-corrected chi connectivity index (χ1v) is 14.8. The van der Waals surface area contributed by atoms with E-state index in [1.54, 1.807) is 36.4 Å². The van der Waals surface area contributed by atoms with Gasteiger partial charge < -0.3 is 10.2 Å². The van der Waals surface area contributed by atoms with Crippen LogP contribution in [-0.2, 0) is 26.2 Å². The van der Waals surface area contributed by atoms with Gasteiger partial charge in [-0.3, -0.25) is 13.9 Å². The molecule has 3 aromatic rings. The number of aryl methyl sites for hydroxylation is 1. The fourth-order valence-corrected chi connectivity index (χ4v) is 5.64. The van der Waals surface area contributed by atoms with E-state index in [2.05, 4.69) is 5.32 Å². The van der Waals surface area contributed by atoms with Gasteiger partial charge >= 0.3 is 0 Å². The van der Waals surface area contributed by atoms with Crippen LogP contribution in [0.1, 0.15) is 38.3 Å². The number of anilines is 1. The molecule has 0 aromatic heterocycles. The number of benzene rings is 3. The Morgan fingerprint density at radius 3 is 2.10 bits per heavy atom. The molecule has 39 heavy (non-hydrogen) atoms. The quantitative estimate of drug-likeness (QED) is 0.315. The highest BCUT2D eigenvalue weighted by Gasteiger charge is 2.33. The lowest BCUT2D eigenvalue weighted by Gasteiger charge is -2.33. The number of nitrogens with zero attached hydrogens (tertiary/aromatic N) is 2. The van der Waals surface area contributed by atoms with Crippen molar-refractivity contribution in [2.24, 2.45) is 5.92 Å². The molecule has 208 valence electrons. The Labute approximate surface area is 236 Å². The number of rotatable bonds is 12. The van der Waals surface area contributed by atoms with Crippen LogP contribution in [0.15, 0.2) is 83.8 Å². The highest BCUT2D eigenvalue weighted by atomic mass is 35.5. The third-order valence-electron chi connectivity index (χ3n) is 6.27. The zero-order valence-electron chi connectivity index (χ0n) is 22.8. The molecule has 0 aliphatic carbocycles. The van der Waals surface area contributed by atoms with Crippen LogP contribution in [0.3, 0.4) is 0 Å². The van der Waals surface area contributed by atoms with Crippen LogP contribution in [0.4, 0.5) is 5.69 Å². The van der Waals surface area contributed by atoms with E-state index < -0.39 is 28.5 Å². The monoisotopic (exact) mass is 569 g/mol. The summed E-state index contributed by atoms with van der Waals surface area (Å²) < 4.78 is 28.8. The summed E-state index contributed by atoms with van der Waals surface area (Å²) in [5.41, 5.74) is 2.04. The molecule has 0 bridgehead atoms. The Kier molecular flexibility index (Phi) is 10.5. The molecule has 9 heteroatoms. The molecule has 0 radical (unpaired) electrons. The number of halogens is 1. The molecule has 0 fully saturated rings. The molecule has 3 aromatic carbocycles. The molecule has 0 heterocycles. The second kappa shape index (κ2) is 13.6. The average Bonchev–Trinajstić information content (AvgIpc) is 2.91. The van der Waals surface area contributed by atoms with Crippen molar-refractivity contribution < 1.29 is 18.0 Å². The fraction of sp³-hybridized carbons (Fsp3) is 0.333. The van der Waals surface area contributed by atoms with Gasteiger partial charge in [-0.25, -0.2) is 8.42 Å². The van der Waals surface area contributed by atoms with E-state index in [4.69, 9.17) is 11.6 Å². The first-order chi connectivity index (χ1) is 18.5. The molecule has 0 aliphatic rings. The van der Waals surface area contributed by atoms with Crippen LogP contribution < -0.4 is 9.62 Å². The summed E-state index contributed by atoms with van der Waals surface area (Å²) in [6.45, 7) is 7.84. The first-order valence-electron chi connectivity index (χ1n) is 13.0. The molecule has 1 atom stereocenters. The summed E-state index contributed by atoms with van der Waals surface area (Å²) in [4.78, 5) is 28.7. The van der Waals surface area contributed by atoms with Crippen LogP contribution in [0.5, 0.6) is 0 Å². The minimum atomic E-state index is -4.12. The van der Waals surface area contributed by atoms with Crippen molar-refractivity contribution in [1.82, 2.24) is 10.2 Å². The molecule has 7 nitrogen and oxygen atoms in total. The van der Waals surface area contributed by atoms with Crippen LogP contribution in [0.25, 0.3) is 0 Å². The standard InChI is InChI=1S/C30H36ClN3O4S/c1-5-28(30(36)32-19-22(2)3)33(20-24-9-7-6-8-10-24)29(35)21-34(26-15-13-25(31)14-16-26)39(37,38)27-17-11-23(4)12-18-27/h6-18,22,28H,5,19-21H2,1-4H3,(H,32,36). The summed E-state index contributed by atoms with van der Waals surface area (Å²) in [5.74, 6) is -0.518. The molecule has 0 aliphatic heterocycles. The molecule has 1 unspecified atom stereocenters. The van der Waals surface area contributed by atoms with E-state index in [9.17, 15) is 18.0 Å². The van der Waals surface area contributed by atoms with E-state index >= 15 is 0 Å². The normalized spacial score (nSPS) is 12.2. The number of amides is 2. The van der Waals surface area contributed by atoms with Crippen molar-refractivity contribution in [3.63, 3.8) is 0 Å². The van der Waals surface area contributed by atoms with Gasteiger partial charge in [-0.2, -0.15) is 0 Å². The molecule has 0 saturated heterocycles. The Morgan fingerprint density at radius 1 is 0.923 bits per heavy atom. The van der Waals surface area contributed by atoms with Crippen molar-refractivity contribution in [2.45, 2.75) is 51.6 Å². The lowest BCUT2D eigenvalue weighted by Crippen LogP contribution is -2.52. The zero-order chi connectivity index (χ0) is 28.6. The predicted molar refractivity (Wildman–Crippen MR) is 156 cm³/mol. The molecule has 3 rings (SSSR count). The van der Waals surface area contributed by atoms with E-state index in [1.165, 1.54) is 17.0 Å². The van der Waals surface area contributed by atoms with Gasteiger partial charge in [-0.05, 0) is 61.2 Å². The van der Waals surface area contributed by atoms with E-state index in [-0.39, 0.29) is 23.3 Å². The van der Waals surface area contributed by atoms with Crippen molar-refractivity contribution in [1.29, 1.82) is 0 Å². The average molecular weight is 570 g/mol. The maximum absolute atomic E-state index is 14.0. The van der Waals surface area contributed by atoms with Crippen molar-refractivity contribution in [2.75, 3.05) is 17.4 Å². The van der Waals surface area contributed by atoms with Crippen LogP contribution in [0.2, 0.25) is 5.02 Å². The van der Waals surface area contributed by atoms with Crippen LogP contribution in [0, 0.1) is 12.8 Å². The topological polar surface area (TPSA) is 86.8 Å². The molecule has 2 amide bonds. The SMILES string of the molecule is CCC(C(=O)NCC(C)C)N(Cc1ccccc1)C(=O)CN(c1ccc(Cl)cc1)S(=O)(=O)c1ccc(C)cc1. The Hall–Kier alpha value is -3.36. The maximum atomic E-state index is 14.0. The summed E-state index contributed by atoms with van der Waals surface area (Å²) in [5, 5.41) is 3.37. The summed E-state index contributed by atoms with van der Waals surface area (Å²) in [7, 11) is -4.12. The van der Waals surface area contributed by atoms with Gasteiger partial charge in [0.2, 0.25) is 11.8 Å². The van der Waals surface area contributed by atoms with E-state index in [1.807, 2.05) is 58.0 Å². The van der Waals surface area contributed by atoms with Gasteiger partial charge in [-0.1, -0.05) is 80.4 Å². The van der Waals surface area contributed by atoms with Crippen molar-refractivity contribution >= 4 is 39.1 Å². The number of hydrogen-bond donors (Lipinski definition) is 1. The molecule has 0 saturated carbocycles. The Balaban J connectivity index is 2.02. The first kappa shape index (κ1) is 30.2. The Bertz CT molecular complexity index is 1350. The van der Waals surface area contributed by atoms with Gasteiger partial charge in [0.1, 0.15) is 12.6 Å². The smallest absolute Gasteiger partial charge is 0.264 e. The second-order valence-corrected chi connectivity index (χ2v) is 12.2. The second-order valence-electron chi connectivity index (χ2n) is 9.87. The predicted octanol–water partition coefficient (Wildman–Crippen LogP) is 5.42. The highest BCUT2D eigenvalue weighted by Crippen LogP contribution is 2.26. The largest absolute Gasteiger partial charge is 0.354 e. The number of carbonyl (C=O) groups excluding carboxylic acids is 2. The number of hydrogen-bond acceptors (Lipinski definition) is 4. The molecular weight excluding hydrogens is 534 g/mol. The molecule has 0 spiro atoms. The third-order valence-corrected chi connectivity index (χ3v) is 8.31. The summed E-state index contributed by atoms with van der Waals surface area (Å²) >= 11 is 6.07. The zero-order valence-corrected chi connectivity index (χ0v) is 24.4. The number of nitrogens with one attached hydrogen (secondary N) is 1. The number of sulfonamides is 1. The Morgan fingerprint density at radius 2 is 1.54 bits per heavy atom. The van der Waals surface area contributed by atoms with Gasteiger partial charge in [-0.15, -0.1) is 0 Å². The molecule has 1 N–H and O–H groups in total. The van der Waals surface area contributed by atoms with Gasteiger partial charge in [0.15, 0.2) is 0 Å². The summed E-state index contributed by atoms with van der Waals surface area (Å²) in [6, 6.07) is 21.3. The fourth-order valence-electron chi connectivity index (χ4n) is 4.10. The van der Waals surface area contributed by atoms with Crippen LogP contribution in [-0.4, -0.2) is 44.3 Å². The highest BCUT2D eigenvalue weighted by molar-refractivity contribution is 7.92. The van der Waals surface area contributed by atoms with Crippen molar-refractivity contribution in [3.05, 3.63) is 95.0 Å². The lowest BCUT2D eigenvalue weighted by molar-refractivity contribution is -0.140. The minimum absolute atomic E-state index is 0.0622. The summed E-state index contributed by atoms with van der Waals surface area (Å²) in [6.07, 6.45) is 0.369. The third kappa shape index (κ3) is 8.07.